The summed E-state index contributed by atoms with van der Waals surface area (Å²) in [6.45, 7) is 3.32. The summed E-state index contributed by atoms with van der Waals surface area (Å²) < 4.78 is 28.6. The first kappa shape index (κ1) is 12.5. The zero-order chi connectivity index (χ0) is 11.5. The molecule has 1 rings (SSSR count). The van der Waals surface area contributed by atoms with Crippen molar-refractivity contribution in [3.63, 3.8) is 0 Å². The molecule has 0 heterocycles. The van der Waals surface area contributed by atoms with Gasteiger partial charge < -0.3 is 4.74 Å². The summed E-state index contributed by atoms with van der Waals surface area (Å²) in [6.07, 6.45) is 3.26. The fourth-order valence-electron chi connectivity index (χ4n) is 1.90. The molecule has 4 nitrogen and oxygen atoms in total. The third kappa shape index (κ3) is 2.71. The van der Waals surface area contributed by atoms with E-state index in [4.69, 9.17) is 4.74 Å². The highest BCUT2D eigenvalue weighted by molar-refractivity contribution is 7.93. The molecule has 0 radical (unpaired) electrons. The van der Waals surface area contributed by atoms with E-state index in [1.54, 1.807) is 6.92 Å². The topological polar surface area (TPSA) is 60.4 Å². The maximum absolute atomic E-state index is 11.9. The summed E-state index contributed by atoms with van der Waals surface area (Å²) in [7, 11) is -3.33. The highest BCUT2D eigenvalue weighted by Crippen LogP contribution is 2.27. The smallest absolute Gasteiger partial charge is 0.324 e. The summed E-state index contributed by atoms with van der Waals surface area (Å²) in [4.78, 5) is 11.3. The number of rotatable bonds is 4. The van der Waals surface area contributed by atoms with Crippen LogP contribution in [0.3, 0.4) is 0 Å². The Kier molecular flexibility index (Phi) is 4.13. The van der Waals surface area contributed by atoms with Gasteiger partial charge in [-0.25, -0.2) is 8.42 Å². The maximum Gasteiger partial charge on any atom is 0.324 e. The zero-order valence-electron chi connectivity index (χ0n) is 9.23. The average Bonchev–Trinajstić information content (AvgIpc) is 2.70. The molecule has 1 fully saturated rings. The van der Waals surface area contributed by atoms with Gasteiger partial charge in [-0.1, -0.05) is 12.8 Å². The van der Waals surface area contributed by atoms with Crippen LogP contribution in [-0.4, -0.2) is 31.5 Å². The number of carbonyl (C=O) groups is 1. The van der Waals surface area contributed by atoms with Gasteiger partial charge in [0, 0.05) is 0 Å². The van der Waals surface area contributed by atoms with Gasteiger partial charge in [-0.2, -0.15) is 0 Å². The van der Waals surface area contributed by atoms with E-state index in [1.807, 2.05) is 0 Å². The van der Waals surface area contributed by atoms with E-state index in [2.05, 4.69) is 0 Å². The molecule has 5 heteroatoms. The number of ether oxygens (including phenoxy) is 1. The molecule has 1 aliphatic carbocycles. The lowest BCUT2D eigenvalue weighted by molar-refractivity contribution is -0.142. The second-order valence-electron chi connectivity index (χ2n) is 3.89. The lowest BCUT2D eigenvalue weighted by Gasteiger charge is -2.16. The highest BCUT2D eigenvalue weighted by Gasteiger charge is 2.37. The van der Waals surface area contributed by atoms with Crippen LogP contribution in [0.4, 0.5) is 0 Å². The fourth-order valence-corrected chi connectivity index (χ4v) is 3.80. The van der Waals surface area contributed by atoms with Crippen molar-refractivity contribution in [3.05, 3.63) is 0 Å². The van der Waals surface area contributed by atoms with Gasteiger partial charge in [0.05, 0.1) is 11.9 Å². The number of sulfone groups is 1. The summed E-state index contributed by atoms with van der Waals surface area (Å²) in [5.74, 6) is -0.621. The van der Waals surface area contributed by atoms with E-state index in [9.17, 15) is 13.2 Å². The largest absolute Gasteiger partial charge is 0.465 e. The Hall–Kier alpha value is -0.580. The second kappa shape index (κ2) is 4.96. The molecule has 0 N–H and O–H groups in total. The van der Waals surface area contributed by atoms with E-state index >= 15 is 0 Å². The Morgan fingerprint density at radius 3 is 2.40 bits per heavy atom. The van der Waals surface area contributed by atoms with Crippen LogP contribution in [0.1, 0.15) is 39.5 Å². The van der Waals surface area contributed by atoms with Gasteiger partial charge in [-0.15, -0.1) is 0 Å². The van der Waals surface area contributed by atoms with Gasteiger partial charge >= 0.3 is 5.97 Å². The van der Waals surface area contributed by atoms with Crippen molar-refractivity contribution in [3.8, 4) is 0 Å². The molecule has 0 aromatic heterocycles. The molecule has 88 valence electrons. The number of carbonyl (C=O) groups excluding carboxylic acids is 1. The van der Waals surface area contributed by atoms with Crippen LogP contribution in [0.2, 0.25) is 0 Å². The standard InChI is InChI=1S/C10H18O4S/c1-3-14-10(11)8(2)15(12,13)9-6-4-5-7-9/h8-9H,3-7H2,1-2H3. The van der Waals surface area contributed by atoms with E-state index < -0.39 is 21.1 Å². The first-order valence-electron chi connectivity index (χ1n) is 5.39. The molecule has 0 aliphatic heterocycles. The lowest BCUT2D eigenvalue weighted by Crippen LogP contribution is -2.35. The SMILES string of the molecule is CCOC(=O)C(C)S(=O)(=O)C1CCCC1. The minimum absolute atomic E-state index is 0.226. The Morgan fingerprint density at radius 1 is 1.40 bits per heavy atom. The first-order chi connectivity index (χ1) is 7.00. The van der Waals surface area contributed by atoms with Crippen LogP contribution in [0, 0.1) is 0 Å². The molecule has 0 aromatic carbocycles. The monoisotopic (exact) mass is 234 g/mol. The maximum atomic E-state index is 11.9. The summed E-state index contributed by atoms with van der Waals surface area (Å²) >= 11 is 0. The van der Waals surface area contributed by atoms with E-state index in [0.29, 0.717) is 12.8 Å². The third-order valence-electron chi connectivity index (χ3n) is 2.88. The van der Waals surface area contributed by atoms with Crippen LogP contribution < -0.4 is 0 Å². The summed E-state index contributed by atoms with van der Waals surface area (Å²) in [5.41, 5.74) is 0. The zero-order valence-corrected chi connectivity index (χ0v) is 10.0. The van der Waals surface area contributed by atoms with Crippen LogP contribution in [-0.2, 0) is 19.4 Å². The van der Waals surface area contributed by atoms with Crippen LogP contribution in [0.25, 0.3) is 0 Å². The average molecular weight is 234 g/mol. The fraction of sp³-hybridized carbons (Fsp3) is 0.900. The van der Waals surface area contributed by atoms with E-state index in [0.717, 1.165) is 12.8 Å². The molecule has 1 saturated carbocycles. The minimum atomic E-state index is -3.33. The second-order valence-corrected chi connectivity index (χ2v) is 6.44. The molecule has 1 atom stereocenters. The lowest BCUT2D eigenvalue weighted by atomic mass is 10.4. The van der Waals surface area contributed by atoms with Crippen molar-refractivity contribution < 1.29 is 17.9 Å². The van der Waals surface area contributed by atoms with Gasteiger partial charge in [-0.05, 0) is 26.7 Å². The van der Waals surface area contributed by atoms with Crippen LogP contribution in [0.15, 0.2) is 0 Å². The number of hydrogen-bond donors (Lipinski definition) is 0. The van der Waals surface area contributed by atoms with Crippen molar-refractivity contribution in [1.82, 2.24) is 0 Å². The molecular formula is C10H18O4S. The molecule has 1 unspecified atom stereocenters. The van der Waals surface area contributed by atoms with E-state index in [1.165, 1.54) is 6.92 Å². The molecule has 0 bridgehead atoms. The van der Waals surface area contributed by atoms with Gasteiger partial charge in [0.15, 0.2) is 15.1 Å². The third-order valence-corrected chi connectivity index (χ3v) is 5.46. The van der Waals surface area contributed by atoms with Gasteiger partial charge in [0.2, 0.25) is 0 Å². The Bertz CT molecular complexity index is 314. The van der Waals surface area contributed by atoms with Crippen molar-refractivity contribution >= 4 is 15.8 Å². The van der Waals surface area contributed by atoms with Crippen LogP contribution >= 0.6 is 0 Å². The van der Waals surface area contributed by atoms with Gasteiger partial charge in [-0.3, -0.25) is 4.79 Å². The number of esters is 1. The van der Waals surface area contributed by atoms with Crippen molar-refractivity contribution in [2.75, 3.05) is 6.61 Å². The predicted octanol–water partition coefficient (Wildman–Crippen LogP) is 1.30. The first-order valence-corrected chi connectivity index (χ1v) is 7.00. The molecule has 0 spiro atoms. The molecular weight excluding hydrogens is 216 g/mol. The van der Waals surface area contributed by atoms with Gasteiger partial charge in [0.1, 0.15) is 0 Å². The normalized spacial score (nSPS) is 20.1. The quantitative estimate of drug-likeness (QED) is 0.688. The summed E-state index contributed by atoms with van der Waals surface area (Å²) in [6, 6.07) is 0. The van der Waals surface area contributed by atoms with E-state index in [-0.39, 0.29) is 11.9 Å². The molecule has 1 aliphatic rings. The van der Waals surface area contributed by atoms with Crippen LogP contribution in [0.5, 0.6) is 0 Å². The Balaban J connectivity index is 2.72. The van der Waals surface area contributed by atoms with Crippen molar-refractivity contribution in [2.24, 2.45) is 0 Å². The van der Waals surface area contributed by atoms with Crippen molar-refractivity contribution in [1.29, 1.82) is 0 Å². The number of hydrogen-bond acceptors (Lipinski definition) is 4. The molecule has 15 heavy (non-hydrogen) atoms. The minimum Gasteiger partial charge on any atom is -0.465 e. The molecule has 0 saturated heterocycles. The Morgan fingerprint density at radius 2 is 1.93 bits per heavy atom. The summed E-state index contributed by atoms with van der Waals surface area (Å²) in [5, 5.41) is -1.35. The van der Waals surface area contributed by atoms with Gasteiger partial charge in [0.25, 0.3) is 0 Å². The predicted molar refractivity (Wildman–Crippen MR) is 57.3 cm³/mol. The van der Waals surface area contributed by atoms with Crippen molar-refractivity contribution in [2.45, 2.75) is 50.0 Å². The molecule has 0 amide bonds. The highest BCUT2D eigenvalue weighted by atomic mass is 32.2. The molecule has 0 aromatic rings. The Labute approximate surface area is 90.9 Å².